The first-order valence-electron chi connectivity index (χ1n) is 14.3. The third-order valence-electron chi connectivity index (χ3n) is 7.51. The third-order valence-corrected chi connectivity index (χ3v) is 7.51. The van der Waals surface area contributed by atoms with E-state index in [2.05, 4.69) is 13.2 Å². The zero-order chi connectivity index (χ0) is 30.8. The summed E-state index contributed by atoms with van der Waals surface area (Å²) in [6, 6.07) is 39.5. The first-order valence-corrected chi connectivity index (χ1v) is 14.3. The Morgan fingerprint density at radius 2 is 0.841 bits per heavy atom. The highest BCUT2D eigenvalue weighted by Gasteiger charge is 2.28. The molecule has 6 aromatic rings. The lowest BCUT2D eigenvalue weighted by Crippen LogP contribution is -2.12. The molecule has 6 aromatic carbocycles. The van der Waals surface area contributed by atoms with Crippen LogP contribution in [-0.2, 0) is 9.59 Å². The molecule has 0 N–H and O–H groups in total. The summed E-state index contributed by atoms with van der Waals surface area (Å²) >= 11 is 0. The minimum absolute atomic E-state index is 0.264. The van der Waals surface area contributed by atoms with Gasteiger partial charge in [-0.1, -0.05) is 122 Å². The van der Waals surface area contributed by atoms with Gasteiger partial charge >= 0.3 is 11.9 Å². The molecular weight excluding hydrogens is 544 g/mol. The van der Waals surface area contributed by atoms with Crippen molar-refractivity contribution in [2.45, 2.75) is 13.8 Å². The van der Waals surface area contributed by atoms with Gasteiger partial charge in [0.25, 0.3) is 0 Å². The van der Waals surface area contributed by atoms with Crippen LogP contribution in [0, 0.1) is 0 Å². The van der Waals surface area contributed by atoms with E-state index in [0.717, 1.165) is 43.8 Å². The zero-order valence-electron chi connectivity index (χ0n) is 24.6. The molecule has 214 valence electrons. The lowest BCUT2D eigenvalue weighted by Gasteiger charge is -2.23. The Morgan fingerprint density at radius 3 is 1.20 bits per heavy atom. The van der Waals surface area contributed by atoms with Gasteiger partial charge in [0, 0.05) is 33.4 Å². The molecule has 0 fully saturated rings. The van der Waals surface area contributed by atoms with Gasteiger partial charge in [-0.3, -0.25) is 0 Å². The van der Waals surface area contributed by atoms with E-state index in [4.69, 9.17) is 9.47 Å². The van der Waals surface area contributed by atoms with Gasteiger partial charge in [-0.25, -0.2) is 9.59 Å². The fourth-order valence-corrected chi connectivity index (χ4v) is 5.39. The first kappa shape index (κ1) is 28.4. The van der Waals surface area contributed by atoms with Gasteiger partial charge < -0.3 is 9.47 Å². The van der Waals surface area contributed by atoms with Crippen LogP contribution in [0.4, 0.5) is 0 Å². The van der Waals surface area contributed by atoms with Gasteiger partial charge in [-0.2, -0.15) is 0 Å². The van der Waals surface area contributed by atoms with Crippen LogP contribution >= 0.6 is 0 Å². The lowest BCUT2D eigenvalue weighted by molar-refractivity contribution is -0.131. The van der Waals surface area contributed by atoms with Crippen LogP contribution in [0.25, 0.3) is 54.9 Å². The normalized spacial score (nSPS) is 10.9. The Bertz CT molecular complexity index is 1940. The second-order valence-electron chi connectivity index (χ2n) is 10.8. The van der Waals surface area contributed by atoms with E-state index < -0.39 is 11.9 Å². The molecule has 0 saturated carbocycles. The van der Waals surface area contributed by atoms with Gasteiger partial charge in [-0.15, -0.1) is 0 Å². The molecule has 6 rings (SSSR count). The fraction of sp³-hybridized carbons (Fsp3) is 0.0500. The minimum atomic E-state index is -0.553. The van der Waals surface area contributed by atoms with Crippen molar-refractivity contribution in [3.8, 4) is 44.9 Å². The molecule has 0 aliphatic carbocycles. The highest BCUT2D eigenvalue weighted by atomic mass is 16.5. The number of hydrogen-bond donors (Lipinski definition) is 0. The molecule has 0 aliphatic rings. The second kappa shape index (κ2) is 11.9. The summed E-state index contributed by atoms with van der Waals surface area (Å²) in [5, 5.41) is 3.53. The van der Waals surface area contributed by atoms with Crippen molar-refractivity contribution in [1.29, 1.82) is 0 Å². The Hall–Kier alpha value is -5.74. The minimum Gasteiger partial charge on any atom is -0.422 e. The van der Waals surface area contributed by atoms with E-state index in [1.807, 2.05) is 121 Å². The SMILES string of the molecule is C=C(C)C(=O)Oc1c(-c2ccccc2)cc2ccccc2c1-c1c(OC(=O)C(=C)C)c(-c2ccccc2)cc2ccccc12. The average molecular weight is 575 g/mol. The van der Waals surface area contributed by atoms with Crippen molar-refractivity contribution in [2.75, 3.05) is 0 Å². The van der Waals surface area contributed by atoms with E-state index in [0.29, 0.717) is 22.6 Å². The standard InChI is InChI=1S/C40H30O4/c1-25(2)39(41)43-37-33(27-15-7-5-8-16-27)23-29-19-11-13-21-31(29)35(37)36-32-22-14-12-20-30(32)24-34(28-17-9-6-10-18-28)38(36)44-40(42)26(3)4/h5-24H,1,3H2,2,4H3. The summed E-state index contributed by atoms with van der Waals surface area (Å²) in [5.41, 5.74) is 4.98. The number of carbonyl (C=O) groups excluding carboxylic acids is 2. The summed E-state index contributed by atoms with van der Waals surface area (Å²) in [7, 11) is 0. The van der Waals surface area contributed by atoms with Crippen LogP contribution in [0.3, 0.4) is 0 Å². The number of rotatable bonds is 7. The quantitative estimate of drug-likeness (QED) is 0.108. The topological polar surface area (TPSA) is 52.6 Å². The van der Waals surface area contributed by atoms with Crippen molar-refractivity contribution >= 4 is 33.5 Å². The number of fused-ring (bicyclic) bond motifs is 2. The van der Waals surface area contributed by atoms with Crippen molar-refractivity contribution in [3.05, 3.63) is 146 Å². The maximum atomic E-state index is 13.3. The van der Waals surface area contributed by atoms with Crippen molar-refractivity contribution in [1.82, 2.24) is 0 Å². The predicted octanol–water partition coefficient (Wildman–Crippen LogP) is 9.96. The van der Waals surface area contributed by atoms with Crippen LogP contribution in [-0.4, -0.2) is 11.9 Å². The molecule has 4 nitrogen and oxygen atoms in total. The summed E-state index contributed by atoms with van der Waals surface area (Å²) in [6.45, 7) is 10.9. The predicted molar refractivity (Wildman–Crippen MR) is 179 cm³/mol. The lowest BCUT2D eigenvalue weighted by atomic mass is 9.86. The molecule has 0 heterocycles. The molecule has 0 spiro atoms. The van der Waals surface area contributed by atoms with E-state index in [1.54, 1.807) is 13.8 Å². The molecular formula is C40H30O4. The van der Waals surface area contributed by atoms with E-state index in [-0.39, 0.29) is 11.1 Å². The van der Waals surface area contributed by atoms with Crippen LogP contribution in [0.5, 0.6) is 11.5 Å². The van der Waals surface area contributed by atoms with Crippen LogP contribution in [0.1, 0.15) is 13.8 Å². The van der Waals surface area contributed by atoms with Crippen molar-refractivity contribution in [2.24, 2.45) is 0 Å². The maximum Gasteiger partial charge on any atom is 0.338 e. The number of hydrogen-bond acceptors (Lipinski definition) is 4. The van der Waals surface area contributed by atoms with E-state index in [9.17, 15) is 9.59 Å². The molecule has 44 heavy (non-hydrogen) atoms. The molecule has 0 aliphatic heterocycles. The van der Waals surface area contributed by atoms with Gasteiger partial charge in [-0.05, 0) is 58.7 Å². The summed E-state index contributed by atoms with van der Waals surface area (Å²) in [6.07, 6.45) is 0. The van der Waals surface area contributed by atoms with Gasteiger partial charge in [0.2, 0.25) is 0 Å². The third kappa shape index (κ3) is 5.30. The van der Waals surface area contributed by atoms with Crippen molar-refractivity contribution in [3.63, 3.8) is 0 Å². The molecule has 0 amide bonds. The smallest absolute Gasteiger partial charge is 0.338 e. The Morgan fingerprint density at radius 1 is 0.500 bits per heavy atom. The van der Waals surface area contributed by atoms with Gasteiger partial charge in [0.05, 0.1) is 0 Å². The molecule has 0 aromatic heterocycles. The molecule has 0 bridgehead atoms. The van der Waals surface area contributed by atoms with Crippen LogP contribution in [0.2, 0.25) is 0 Å². The summed E-state index contributed by atoms with van der Waals surface area (Å²) in [4.78, 5) is 26.6. The van der Waals surface area contributed by atoms with Crippen LogP contribution in [0.15, 0.2) is 146 Å². The number of esters is 2. The maximum absolute atomic E-state index is 13.3. The Kier molecular flexibility index (Phi) is 7.65. The van der Waals surface area contributed by atoms with Crippen LogP contribution < -0.4 is 9.47 Å². The fourth-order valence-electron chi connectivity index (χ4n) is 5.39. The molecule has 0 saturated heterocycles. The number of benzene rings is 6. The largest absolute Gasteiger partial charge is 0.422 e. The zero-order valence-corrected chi connectivity index (χ0v) is 24.6. The molecule has 4 heteroatoms. The monoisotopic (exact) mass is 574 g/mol. The average Bonchev–Trinajstić information content (AvgIpc) is 3.05. The van der Waals surface area contributed by atoms with E-state index >= 15 is 0 Å². The molecule has 0 unspecified atom stereocenters. The van der Waals surface area contributed by atoms with Crippen molar-refractivity contribution < 1.29 is 19.1 Å². The number of carbonyl (C=O) groups is 2. The summed E-state index contributed by atoms with van der Waals surface area (Å²) in [5.74, 6) is -0.401. The van der Waals surface area contributed by atoms with E-state index in [1.165, 1.54) is 0 Å². The van der Waals surface area contributed by atoms with Gasteiger partial charge in [0.1, 0.15) is 11.5 Å². The molecule has 0 radical (unpaired) electrons. The molecule has 0 atom stereocenters. The summed E-state index contributed by atoms with van der Waals surface area (Å²) < 4.78 is 12.5. The van der Waals surface area contributed by atoms with Gasteiger partial charge in [0.15, 0.2) is 0 Å². The number of ether oxygens (including phenoxy) is 2. The second-order valence-corrected chi connectivity index (χ2v) is 10.8. The Labute approximate surface area is 256 Å². The Balaban J connectivity index is 1.85. The highest BCUT2D eigenvalue weighted by molar-refractivity contribution is 6.15. The first-order chi connectivity index (χ1) is 21.3. The highest BCUT2D eigenvalue weighted by Crippen LogP contribution is 2.52.